The van der Waals surface area contributed by atoms with Gasteiger partial charge in [0, 0.05) is 18.8 Å². The molecule has 1 heterocycles. The topological polar surface area (TPSA) is 93.5 Å². The van der Waals surface area contributed by atoms with Crippen molar-refractivity contribution in [2.75, 3.05) is 0 Å². The Hall–Kier alpha value is -2.05. The number of carboxylic acids is 1. The van der Waals surface area contributed by atoms with Gasteiger partial charge in [-0.1, -0.05) is 0 Å². The maximum absolute atomic E-state index is 12.0. The number of ether oxygens (including phenoxy) is 1. The van der Waals surface area contributed by atoms with E-state index in [9.17, 15) is 9.59 Å². The molecule has 1 aromatic heterocycles. The molecule has 2 N–H and O–H groups in total. The van der Waals surface area contributed by atoms with Crippen LogP contribution in [0.5, 0.6) is 0 Å². The molecular formula is C14H21N3O4. The van der Waals surface area contributed by atoms with E-state index < -0.39 is 29.1 Å². The van der Waals surface area contributed by atoms with Gasteiger partial charge in [-0.15, -0.1) is 0 Å². The van der Waals surface area contributed by atoms with Crippen molar-refractivity contribution in [2.24, 2.45) is 13.0 Å². The lowest BCUT2D eigenvalue weighted by Crippen LogP contribution is -2.57. The van der Waals surface area contributed by atoms with Gasteiger partial charge in [-0.25, -0.2) is 4.79 Å². The summed E-state index contributed by atoms with van der Waals surface area (Å²) in [6, 6.07) is 0. The van der Waals surface area contributed by atoms with Gasteiger partial charge >= 0.3 is 12.1 Å². The molecule has 0 bridgehead atoms. The Bertz CT molecular complexity index is 553. The minimum Gasteiger partial charge on any atom is -0.481 e. The molecule has 0 atom stereocenters. The molecule has 1 fully saturated rings. The van der Waals surface area contributed by atoms with Crippen molar-refractivity contribution in [1.82, 2.24) is 15.1 Å². The number of aromatic nitrogens is 2. The van der Waals surface area contributed by atoms with Gasteiger partial charge in [-0.2, -0.15) is 5.10 Å². The van der Waals surface area contributed by atoms with Gasteiger partial charge in [-0.05, 0) is 33.6 Å². The van der Waals surface area contributed by atoms with E-state index in [0.717, 1.165) is 5.56 Å². The van der Waals surface area contributed by atoms with Crippen molar-refractivity contribution >= 4 is 12.1 Å². The zero-order valence-corrected chi connectivity index (χ0v) is 12.7. The number of rotatable bonds is 3. The van der Waals surface area contributed by atoms with Crippen LogP contribution >= 0.6 is 0 Å². The molecule has 0 unspecified atom stereocenters. The van der Waals surface area contributed by atoms with Crippen molar-refractivity contribution in [3.63, 3.8) is 0 Å². The first-order valence-corrected chi connectivity index (χ1v) is 6.84. The van der Waals surface area contributed by atoms with Gasteiger partial charge in [0.1, 0.15) is 5.60 Å². The molecule has 0 aliphatic heterocycles. The van der Waals surface area contributed by atoms with Crippen LogP contribution in [0.1, 0.15) is 39.2 Å². The minimum absolute atomic E-state index is 0.341. The lowest BCUT2D eigenvalue weighted by Gasteiger charge is -2.45. The molecule has 21 heavy (non-hydrogen) atoms. The van der Waals surface area contributed by atoms with E-state index in [1.807, 2.05) is 0 Å². The fraction of sp³-hybridized carbons (Fsp3) is 0.643. The lowest BCUT2D eigenvalue weighted by atomic mass is 9.65. The molecule has 0 radical (unpaired) electrons. The predicted octanol–water partition coefficient (Wildman–Crippen LogP) is 1.63. The summed E-state index contributed by atoms with van der Waals surface area (Å²) < 4.78 is 6.90. The van der Waals surface area contributed by atoms with Gasteiger partial charge in [0.25, 0.3) is 0 Å². The average molecular weight is 295 g/mol. The first kappa shape index (κ1) is 15.3. The molecule has 116 valence electrons. The zero-order valence-electron chi connectivity index (χ0n) is 12.7. The molecule has 1 aromatic rings. The number of carbonyl (C=O) groups is 2. The smallest absolute Gasteiger partial charge is 0.408 e. The maximum Gasteiger partial charge on any atom is 0.408 e. The van der Waals surface area contributed by atoms with Crippen molar-refractivity contribution in [1.29, 1.82) is 0 Å². The molecular weight excluding hydrogens is 274 g/mol. The Kier molecular flexibility index (Phi) is 3.69. The third-order valence-corrected chi connectivity index (χ3v) is 3.54. The van der Waals surface area contributed by atoms with E-state index >= 15 is 0 Å². The van der Waals surface area contributed by atoms with E-state index in [0.29, 0.717) is 12.8 Å². The van der Waals surface area contributed by atoms with Crippen molar-refractivity contribution in [2.45, 2.75) is 44.8 Å². The van der Waals surface area contributed by atoms with Crippen LogP contribution in [0.3, 0.4) is 0 Å². The summed E-state index contributed by atoms with van der Waals surface area (Å²) >= 11 is 0. The summed E-state index contributed by atoms with van der Waals surface area (Å²) in [5.41, 5.74) is -0.510. The Morgan fingerprint density at radius 2 is 2.10 bits per heavy atom. The van der Waals surface area contributed by atoms with Crippen LogP contribution in [0.2, 0.25) is 0 Å². The maximum atomic E-state index is 12.0. The fourth-order valence-corrected chi connectivity index (χ4v) is 2.53. The van der Waals surface area contributed by atoms with Gasteiger partial charge in [0.2, 0.25) is 0 Å². The number of nitrogens with one attached hydrogen (secondary N) is 1. The van der Waals surface area contributed by atoms with Crippen LogP contribution < -0.4 is 5.32 Å². The number of amides is 1. The lowest BCUT2D eigenvalue weighted by molar-refractivity contribution is -0.148. The van der Waals surface area contributed by atoms with E-state index in [4.69, 9.17) is 9.84 Å². The molecule has 2 rings (SSSR count). The molecule has 0 spiro atoms. The molecule has 1 aliphatic rings. The highest BCUT2D eigenvalue weighted by Gasteiger charge is 2.51. The van der Waals surface area contributed by atoms with Crippen molar-refractivity contribution in [3.8, 4) is 0 Å². The third-order valence-electron chi connectivity index (χ3n) is 3.54. The average Bonchev–Trinajstić information content (AvgIpc) is 2.66. The number of aryl methyl sites for hydroxylation is 1. The second kappa shape index (κ2) is 5.05. The Balaban J connectivity index is 2.15. The molecule has 1 amide bonds. The summed E-state index contributed by atoms with van der Waals surface area (Å²) in [6.07, 6.45) is 3.57. The van der Waals surface area contributed by atoms with Crippen LogP contribution in [0, 0.1) is 5.92 Å². The van der Waals surface area contributed by atoms with Crippen LogP contribution in [0.4, 0.5) is 4.79 Å². The number of carbonyl (C=O) groups excluding carboxylic acids is 1. The van der Waals surface area contributed by atoms with E-state index in [1.165, 1.54) is 0 Å². The highest BCUT2D eigenvalue weighted by atomic mass is 16.6. The largest absolute Gasteiger partial charge is 0.481 e. The van der Waals surface area contributed by atoms with Crippen molar-refractivity contribution in [3.05, 3.63) is 18.0 Å². The summed E-state index contributed by atoms with van der Waals surface area (Å²) in [4.78, 5) is 23.1. The summed E-state index contributed by atoms with van der Waals surface area (Å²) in [7, 11) is 1.78. The minimum atomic E-state index is -0.847. The first-order chi connectivity index (χ1) is 9.61. The number of hydrogen-bond donors (Lipinski definition) is 2. The number of carboxylic acid groups (broad SMARTS) is 1. The fourth-order valence-electron chi connectivity index (χ4n) is 2.53. The second-order valence-electron chi connectivity index (χ2n) is 6.56. The summed E-state index contributed by atoms with van der Waals surface area (Å²) in [5.74, 6) is -1.30. The van der Waals surface area contributed by atoms with Gasteiger partial charge in [-0.3, -0.25) is 9.48 Å². The van der Waals surface area contributed by atoms with E-state index in [1.54, 1.807) is 44.9 Å². The molecule has 7 nitrogen and oxygen atoms in total. The van der Waals surface area contributed by atoms with Crippen LogP contribution in [0.25, 0.3) is 0 Å². The summed E-state index contributed by atoms with van der Waals surface area (Å²) in [5, 5.41) is 16.0. The highest BCUT2D eigenvalue weighted by Crippen LogP contribution is 2.45. The van der Waals surface area contributed by atoms with Crippen molar-refractivity contribution < 1.29 is 19.4 Å². The number of hydrogen-bond acceptors (Lipinski definition) is 4. The summed E-state index contributed by atoms with van der Waals surface area (Å²) in [6.45, 7) is 5.35. The monoisotopic (exact) mass is 295 g/mol. The highest BCUT2D eigenvalue weighted by molar-refractivity contribution is 5.74. The van der Waals surface area contributed by atoms with E-state index in [-0.39, 0.29) is 0 Å². The van der Waals surface area contributed by atoms with Gasteiger partial charge < -0.3 is 15.2 Å². The van der Waals surface area contributed by atoms with Gasteiger partial charge in [0.15, 0.2) is 0 Å². The zero-order chi connectivity index (χ0) is 15.8. The Morgan fingerprint density at radius 3 is 2.52 bits per heavy atom. The van der Waals surface area contributed by atoms with Crippen LogP contribution in [-0.2, 0) is 22.1 Å². The SMILES string of the molecule is Cn1cc(C2(NC(=O)OC(C)(C)C)CC(C(=O)O)C2)cn1. The molecule has 1 aliphatic carbocycles. The van der Waals surface area contributed by atoms with Crippen LogP contribution in [-0.4, -0.2) is 32.6 Å². The molecule has 1 saturated carbocycles. The number of nitrogens with zero attached hydrogens (tertiary/aromatic N) is 2. The standard InChI is InChI=1S/C14H21N3O4/c1-13(2,3)21-12(20)16-14(5-9(6-14)11(18)19)10-7-15-17(4)8-10/h7-9H,5-6H2,1-4H3,(H,16,20)(H,18,19). The van der Waals surface area contributed by atoms with Gasteiger partial charge in [0.05, 0.1) is 17.7 Å². The normalized spacial score (nSPS) is 25.0. The molecule has 0 aromatic carbocycles. The number of alkyl carbamates (subject to hydrolysis) is 1. The number of aliphatic carboxylic acids is 1. The molecule has 7 heteroatoms. The quantitative estimate of drug-likeness (QED) is 0.884. The Labute approximate surface area is 123 Å². The third kappa shape index (κ3) is 3.34. The molecule has 0 saturated heterocycles. The Morgan fingerprint density at radius 1 is 1.48 bits per heavy atom. The van der Waals surface area contributed by atoms with Crippen LogP contribution in [0.15, 0.2) is 12.4 Å². The van der Waals surface area contributed by atoms with E-state index in [2.05, 4.69) is 10.4 Å². The first-order valence-electron chi connectivity index (χ1n) is 6.84. The predicted molar refractivity (Wildman–Crippen MR) is 74.6 cm³/mol. The second-order valence-corrected chi connectivity index (χ2v) is 6.56.